The van der Waals surface area contributed by atoms with Gasteiger partial charge in [0.05, 0.1) is 5.39 Å². The SMILES string of the molecule is CC1CCc2c(sc3ncnc(Nc4ccc(OCc5ccccc5)cc4)c23)C1.[Cl-]. The van der Waals surface area contributed by atoms with Gasteiger partial charge in [0, 0.05) is 10.6 Å². The molecule has 0 bridgehead atoms. The van der Waals surface area contributed by atoms with Crippen molar-refractivity contribution in [1.29, 1.82) is 0 Å². The normalized spacial score (nSPS) is 15.3. The highest BCUT2D eigenvalue weighted by Crippen LogP contribution is 2.40. The molecule has 6 heteroatoms. The van der Waals surface area contributed by atoms with E-state index in [1.165, 1.54) is 22.2 Å². The molecule has 1 aliphatic rings. The molecular weight excluding hydrogens is 414 g/mol. The minimum absolute atomic E-state index is 0. The van der Waals surface area contributed by atoms with E-state index >= 15 is 0 Å². The van der Waals surface area contributed by atoms with Crippen LogP contribution in [0.5, 0.6) is 5.75 Å². The molecule has 0 saturated carbocycles. The van der Waals surface area contributed by atoms with E-state index in [4.69, 9.17) is 4.74 Å². The molecule has 0 aliphatic heterocycles. The second kappa shape index (κ2) is 9.02. The van der Waals surface area contributed by atoms with Gasteiger partial charge in [0.2, 0.25) is 0 Å². The molecule has 0 saturated heterocycles. The Bertz CT molecular complexity index is 1130. The van der Waals surface area contributed by atoms with Crippen molar-refractivity contribution in [3.05, 3.63) is 76.9 Å². The van der Waals surface area contributed by atoms with Crippen LogP contribution in [0.4, 0.5) is 11.5 Å². The van der Waals surface area contributed by atoms with E-state index in [0.717, 1.165) is 46.4 Å². The van der Waals surface area contributed by atoms with Crippen molar-refractivity contribution in [2.45, 2.75) is 32.8 Å². The van der Waals surface area contributed by atoms with Crippen molar-refractivity contribution in [1.82, 2.24) is 9.97 Å². The van der Waals surface area contributed by atoms with Crippen LogP contribution in [0.25, 0.3) is 10.2 Å². The highest BCUT2D eigenvalue weighted by molar-refractivity contribution is 7.19. The fraction of sp³-hybridized carbons (Fsp3) is 0.250. The lowest BCUT2D eigenvalue weighted by atomic mass is 9.89. The van der Waals surface area contributed by atoms with E-state index in [1.807, 2.05) is 53.8 Å². The Morgan fingerprint density at radius 1 is 1.07 bits per heavy atom. The summed E-state index contributed by atoms with van der Waals surface area (Å²) in [5.41, 5.74) is 3.60. The van der Waals surface area contributed by atoms with Crippen LogP contribution < -0.4 is 22.5 Å². The highest BCUT2D eigenvalue weighted by Gasteiger charge is 2.23. The number of halogens is 1. The molecule has 2 aromatic heterocycles. The first-order chi connectivity index (χ1) is 14.3. The Labute approximate surface area is 186 Å². The Kier molecular flexibility index (Phi) is 6.21. The Morgan fingerprint density at radius 2 is 1.87 bits per heavy atom. The molecule has 4 aromatic rings. The zero-order chi connectivity index (χ0) is 19.6. The molecule has 0 spiro atoms. The fourth-order valence-electron chi connectivity index (χ4n) is 3.88. The molecule has 0 amide bonds. The number of benzene rings is 2. The number of ether oxygens (including phenoxy) is 1. The third kappa shape index (κ3) is 4.27. The summed E-state index contributed by atoms with van der Waals surface area (Å²) in [5.74, 6) is 2.51. The lowest BCUT2D eigenvalue weighted by Crippen LogP contribution is -3.00. The zero-order valence-electron chi connectivity index (χ0n) is 16.8. The fourth-order valence-corrected chi connectivity index (χ4v) is 5.23. The van der Waals surface area contributed by atoms with Crippen molar-refractivity contribution in [2.24, 2.45) is 5.92 Å². The summed E-state index contributed by atoms with van der Waals surface area (Å²) in [4.78, 5) is 11.6. The van der Waals surface area contributed by atoms with Crippen LogP contribution in [0.15, 0.2) is 60.9 Å². The van der Waals surface area contributed by atoms with Gasteiger partial charge in [-0.2, -0.15) is 0 Å². The lowest BCUT2D eigenvalue weighted by Gasteiger charge is -2.18. The number of fused-ring (bicyclic) bond motifs is 3. The summed E-state index contributed by atoms with van der Waals surface area (Å²) < 4.78 is 5.89. The van der Waals surface area contributed by atoms with Crippen molar-refractivity contribution in [3.63, 3.8) is 0 Å². The predicted octanol–water partition coefficient (Wildman–Crippen LogP) is 3.14. The number of aryl methyl sites for hydroxylation is 1. The van der Waals surface area contributed by atoms with Gasteiger partial charge in [-0.05, 0) is 60.6 Å². The van der Waals surface area contributed by atoms with Gasteiger partial charge in [-0.25, -0.2) is 9.97 Å². The molecule has 1 atom stereocenters. The van der Waals surface area contributed by atoms with Gasteiger partial charge in [0.1, 0.15) is 29.3 Å². The van der Waals surface area contributed by atoms with E-state index in [2.05, 4.69) is 34.3 Å². The number of nitrogens with one attached hydrogen (secondary N) is 1. The molecule has 2 heterocycles. The van der Waals surface area contributed by atoms with E-state index in [9.17, 15) is 0 Å². The molecule has 0 fully saturated rings. The number of anilines is 2. The molecule has 2 aromatic carbocycles. The largest absolute Gasteiger partial charge is 1.00 e. The molecule has 4 nitrogen and oxygen atoms in total. The van der Waals surface area contributed by atoms with Gasteiger partial charge in [-0.15, -0.1) is 11.3 Å². The van der Waals surface area contributed by atoms with Crippen LogP contribution in [0.2, 0.25) is 0 Å². The van der Waals surface area contributed by atoms with E-state index in [1.54, 1.807) is 6.33 Å². The molecule has 1 N–H and O–H groups in total. The summed E-state index contributed by atoms with van der Waals surface area (Å²) in [6, 6.07) is 18.3. The van der Waals surface area contributed by atoms with Gasteiger partial charge in [0.25, 0.3) is 0 Å². The van der Waals surface area contributed by atoms with E-state index in [-0.39, 0.29) is 12.4 Å². The number of thiophene rings is 1. The average molecular weight is 437 g/mol. The lowest BCUT2D eigenvalue weighted by molar-refractivity contribution is -0.00000624. The minimum Gasteiger partial charge on any atom is -1.00 e. The number of hydrogen-bond donors (Lipinski definition) is 1. The van der Waals surface area contributed by atoms with Gasteiger partial charge >= 0.3 is 0 Å². The Morgan fingerprint density at radius 3 is 2.67 bits per heavy atom. The summed E-state index contributed by atoms with van der Waals surface area (Å²) in [6.07, 6.45) is 5.17. The summed E-state index contributed by atoms with van der Waals surface area (Å²) in [5, 5.41) is 4.69. The van der Waals surface area contributed by atoms with Crippen LogP contribution in [0.1, 0.15) is 29.3 Å². The minimum atomic E-state index is 0. The first kappa shape index (κ1) is 20.6. The average Bonchev–Trinajstić information content (AvgIpc) is 3.12. The van der Waals surface area contributed by atoms with Gasteiger partial charge in [-0.1, -0.05) is 37.3 Å². The topological polar surface area (TPSA) is 47.0 Å². The number of rotatable bonds is 5. The third-order valence-corrected chi connectivity index (χ3v) is 6.62. The monoisotopic (exact) mass is 436 g/mol. The Hall–Kier alpha value is -2.63. The van der Waals surface area contributed by atoms with Crippen molar-refractivity contribution in [2.75, 3.05) is 5.32 Å². The first-order valence-electron chi connectivity index (χ1n) is 10.1. The maximum Gasteiger partial charge on any atom is 0.142 e. The number of hydrogen-bond acceptors (Lipinski definition) is 5. The van der Waals surface area contributed by atoms with Gasteiger partial charge in [-0.3, -0.25) is 0 Å². The van der Waals surface area contributed by atoms with Crippen LogP contribution in [0, 0.1) is 5.92 Å². The van der Waals surface area contributed by atoms with E-state index < -0.39 is 0 Å². The number of aromatic nitrogens is 2. The maximum absolute atomic E-state index is 5.89. The summed E-state index contributed by atoms with van der Waals surface area (Å²) in [6.45, 7) is 2.90. The predicted molar refractivity (Wildman–Crippen MR) is 119 cm³/mol. The summed E-state index contributed by atoms with van der Waals surface area (Å²) in [7, 11) is 0. The highest BCUT2D eigenvalue weighted by atomic mass is 35.5. The number of nitrogens with zero attached hydrogens (tertiary/aromatic N) is 2. The van der Waals surface area contributed by atoms with Crippen molar-refractivity contribution < 1.29 is 17.1 Å². The molecular formula is C24H23ClN3OS-. The molecule has 1 unspecified atom stereocenters. The molecule has 0 radical (unpaired) electrons. The molecule has 5 rings (SSSR count). The second-order valence-corrected chi connectivity index (χ2v) is 8.76. The first-order valence-corrected chi connectivity index (χ1v) is 10.9. The quantitative estimate of drug-likeness (QED) is 0.522. The van der Waals surface area contributed by atoms with Crippen LogP contribution in [-0.2, 0) is 19.4 Å². The molecule has 1 aliphatic carbocycles. The van der Waals surface area contributed by atoms with Gasteiger partial charge < -0.3 is 22.5 Å². The van der Waals surface area contributed by atoms with E-state index in [0.29, 0.717) is 6.61 Å². The molecule has 154 valence electrons. The standard InChI is InChI=1S/C24H23N3OS.ClH/c1-16-7-12-20-21(13-16)29-24-22(20)23(25-15-26-24)27-18-8-10-19(11-9-18)28-14-17-5-3-2-4-6-17;/h2-6,8-11,15-16H,7,12-14H2,1H3,(H,25,26,27);1H/p-1. The van der Waals surface area contributed by atoms with Crippen LogP contribution in [-0.4, -0.2) is 9.97 Å². The summed E-state index contributed by atoms with van der Waals surface area (Å²) >= 11 is 1.82. The van der Waals surface area contributed by atoms with Crippen LogP contribution in [0.3, 0.4) is 0 Å². The van der Waals surface area contributed by atoms with Gasteiger partial charge in [0.15, 0.2) is 0 Å². The van der Waals surface area contributed by atoms with Crippen LogP contribution >= 0.6 is 11.3 Å². The van der Waals surface area contributed by atoms with Crippen molar-refractivity contribution >= 4 is 33.1 Å². The Balaban J connectivity index is 0.00000218. The smallest absolute Gasteiger partial charge is 0.142 e. The zero-order valence-corrected chi connectivity index (χ0v) is 18.3. The third-order valence-electron chi connectivity index (χ3n) is 5.46. The van der Waals surface area contributed by atoms with Crippen molar-refractivity contribution in [3.8, 4) is 5.75 Å². The maximum atomic E-state index is 5.89. The molecule has 30 heavy (non-hydrogen) atoms. The second-order valence-electron chi connectivity index (χ2n) is 7.68.